The van der Waals surface area contributed by atoms with Crippen molar-refractivity contribution in [3.05, 3.63) is 29.8 Å². The van der Waals surface area contributed by atoms with Crippen LogP contribution in [0.1, 0.15) is 37.6 Å². The van der Waals surface area contributed by atoms with Crippen LogP contribution >= 0.6 is 0 Å². The Morgan fingerprint density at radius 3 is 2.41 bits per heavy atom. The standard InChI is InChI=1S/C20H33NO6/c1-4-9-21(10-11-22)14-17(23)15-26-12-13-27-18-7-5-16(6-8-18)19(24)20(2,3)25/h5-8,17,22-23,25H,4,9-15H2,1-3H3. The number of ketones is 1. The van der Waals surface area contributed by atoms with Gasteiger partial charge in [-0.15, -0.1) is 0 Å². The van der Waals surface area contributed by atoms with Crippen LogP contribution in [0.25, 0.3) is 0 Å². The molecule has 27 heavy (non-hydrogen) atoms. The van der Waals surface area contributed by atoms with Gasteiger partial charge < -0.3 is 24.8 Å². The smallest absolute Gasteiger partial charge is 0.193 e. The first-order valence-corrected chi connectivity index (χ1v) is 9.37. The van der Waals surface area contributed by atoms with Crippen LogP contribution in [-0.4, -0.2) is 83.8 Å². The Kier molecular flexibility index (Phi) is 10.5. The number of ether oxygens (including phenoxy) is 2. The molecule has 0 amide bonds. The van der Waals surface area contributed by atoms with Crippen molar-refractivity contribution < 1.29 is 29.6 Å². The molecule has 1 aromatic carbocycles. The molecule has 1 rings (SSSR count). The van der Waals surface area contributed by atoms with Crippen LogP contribution in [0.2, 0.25) is 0 Å². The maximum atomic E-state index is 11.9. The predicted molar refractivity (Wildman–Crippen MR) is 103 cm³/mol. The van der Waals surface area contributed by atoms with Crippen molar-refractivity contribution in [3.8, 4) is 5.75 Å². The van der Waals surface area contributed by atoms with Crippen LogP contribution < -0.4 is 4.74 Å². The normalized spacial score (nSPS) is 13.0. The summed E-state index contributed by atoms with van der Waals surface area (Å²) in [6, 6.07) is 6.57. The molecule has 1 atom stereocenters. The Bertz CT molecular complexity index is 534. The highest BCUT2D eigenvalue weighted by atomic mass is 16.5. The summed E-state index contributed by atoms with van der Waals surface area (Å²) in [4.78, 5) is 13.9. The first kappa shape index (κ1) is 23.5. The Hall–Kier alpha value is -1.51. The predicted octanol–water partition coefficient (Wildman–Crippen LogP) is 1.10. The van der Waals surface area contributed by atoms with Gasteiger partial charge in [-0.3, -0.25) is 9.69 Å². The second-order valence-electron chi connectivity index (χ2n) is 7.01. The fraction of sp³-hybridized carbons (Fsp3) is 0.650. The van der Waals surface area contributed by atoms with Crippen molar-refractivity contribution in [2.24, 2.45) is 0 Å². The first-order valence-electron chi connectivity index (χ1n) is 9.37. The van der Waals surface area contributed by atoms with Gasteiger partial charge in [0.2, 0.25) is 0 Å². The topological polar surface area (TPSA) is 99.5 Å². The van der Waals surface area contributed by atoms with E-state index in [2.05, 4.69) is 6.92 Å². The summed E-state index contributed by atoms with van der Waals surface area (Å²) in [7, 11) is 0. The number of carbonyl (C=O) groups excluding carboxylic acids is 1. The number of rotatable bonds is 14. The van der Waals surface area contributed by atoms with Gasteiger partial charge >= 0.3 is 0 Å². The van der Waals surface area contributed by atoms with E-state index >= 15 is 0 Å². The van der Waals surface area contributed by atoms with E-state index in [0.29, 0.717) is 37.6 Å². The highest BCUT2D eigenvalue weighted by molar-refractivity contribution is 6.01. The summed E-state index contributed by atoms with van der Waals surface area (Å²) in [5.74, 6) is 0.258. The minimum Gasteiger partial charge on any atom is -0.491 e. The van der Waals surface area contributed by atoms with E-state index in [1.165, 1.54) is 13.8 Å². The molecule has 7 nitrogen and oxygen atoms in total. The number of nitrogens with zero attached hydrogens (tertiary/aromatic N) is 1. The molecular weight excluding hydrogens is 350 g/mol. The van der Waals surface area contributed by atoms with Gasteiger partial charge in [-0.1, -0.05) is 6.92 Å². The van der Waals surface area contributed by atoms with Crippen molar-refractivity contribution >= 4 is 5.78 Å². The largest absolute Gasteiger partial charge is 0.491 e. The molecule has 0 aromatic heterocycles. The Labute approximate surface area is 161 Å². The quantitative estimate of drug-likeness (QED) is 0.327. The van der Waals surface area contributed by atoms with Crippen LogP contribution in [-0.2, 0) is 4.74 Å². The number of aliphatic hydroxyl groups is 3. The molecule has 1 unspecified atom stereocenters. The third-order valence-electron chi connectivity index (χ3n) is 3.90. The zero-order chi connectivity index (χ0) is 20.3. The summed E-state index contributed by atoms with van der Waals surface area (Å²) in [6.07, 6.45) is 0.344. The molecular formula is C20H33NO6. The summed E-state index contributed by atoms with van der Waals surface area (Å²) in [6.45, 7) is 7.72. The molecule has 0 bridgehead atoms. The zero-order valence-electron chi connectivity index (χ0n) is 16.6. The molecule has 0 heterocycles. The van der Waals surface area contributed by atoms with Crippen LogP contribution in [0.3, 0.4) is 0 Å². The van der Waals surface area contributed by atoms with Crippen LogP contribution in [0, 0.1) is 0 Å². The van der Waals surface area contributed by atoms with Gasteiger partial charge in [0.05, 0.1) is 25.9 Å². The number of hydrogen-bond donors (Lipinski definition) is 3. The molecule has 0 aliphatic rings. The number of aliphatic hydroxyl groups excluding tert-OH is 2. The average Bonchev–Trinajstić information content (AvgIpc) is 2.61. The van der Waals surface area contributed by atoms with E-state index in [4.69, 9.17) is 14.6 Å². The third kappa shape index (κ3) is 9.30. The van der Waals surface area contributed by atoms with Crippen molar-refractivity contribution in [1.82, 2.24) is 4.90 Å². The average molecular weight is 383 g/mol. The number of carbonyl (C=O) groups is 1. The number of benzene rings is 1. The number of hydrogen-bond acceptors (Lipinski definition) is 7. The lowest BCUT2D eigenvalue weighted by molar-refractivity contribution is 0.00584. The Morgan fingerprint density at radius 1 is 1.19 bits per heavy atom. The maximum absolute atomic E-state index is 11.9. The van der Waals surface area contributed by atoms with E-state index in [0.717, 1.165) is 13.0 Å². The van der Waals surface area contributed by atoms with Crippen molar-refractivity contribution in [2.75, 3.05) is 46.1 Å². The van der Waals surface area contributed by atoms with E-state index in [1.807, 2.05) is 4.90 Å². The van der Waals surface area contributed by atoms with E-state index in [1.54, 1.807) is 24.3 Å². The molecule has 154 valence electrons. The van der Waals surface area contributed by atoms with Crippen molar-refractivity contribution in [2.45, 2.75) is 38.9 Å². The molecule has 7 heteroatoms. The lowest BCUT2D eigenvalue weighted by atomic mass is 9.97. The molecule has 0 saturated heterocycles. The lowest BCUT2D eigenvalue weighted by Gasteiger charge is -2.23. The SMILES string of the molecule is CCCN(CCO)CC(O)COCCOc1ccc(C(=O)C(C)(C)O)cc1. The molecule has 3 N–H and O–H groups in total. The highest BCUT2D eigenvalue weighted by Crippen LogP contribution is 2.17. The third-order valence-corrected chi connectivity index (χ3v) is 3.90. The molecule has 0 saturated carbocycles. The fourth-order valence-corrected chi connectivity index (χ4v) is 2.60. The molecule has 0 fully saturated rings. The Morgan fingerprint density at radius 2 is 1.85 bits per heavy atom. The lowest BCUT2D eigenvalue weighted by Crippen LogP contribution is -2.37. The monoisotopic (exact) mass is 383 g/mol. The summed E-state index contributed by atoms with van der Waals surface area (Å²) >= 11 is 0. The molecule has 0 spiro atoms. The Balaban J connectivity index is 2.27. The van der Waals surface area contributed by atoms with E-state index < -0.39 is 11.7 Å². The second kappa shape index (κ2) is 12.0. The molecule has 0 radical (unpaired) electrons. The molecule has 0 aliphatic carbocycles. The highest BCUT2D eigenvalue weighted by Gasteiger charge is 2.24. The van der Waals surface area contributed by atoms with E-state index in [-0.39, 0.29) is 19.0 Å². The van der Waals surface area contributed by atoms with Crippen molar-refractivity contribution in [3.63, 3.8) is 0 Å². The van der Waals surface area contributed by atoms with Crippen molar-refractivity contribution in [1.29, 1.82) is 0 Å². The summed E-state index contributed by atoms with van der Waals surface area (Å²) in [5, 5.41) is 28.7. The van der Waals surface area contributed by atoms with Gasteiger partial charge in [0.15, 0.2) is 5.78 Å². The number of Topliss-reactive ketones (excluding diaryl/α,β-unsaturated/α-hetero) is 1. The second-order valence-corrected chi connectivity index (χ2v) is 7.01. The van der Waals surface area contributed by atoms with E-state index in [9.17, 15) is 15.0 Å². The van der Waals surface area contributed by atoms with Crippen LogP contribution in [0.15, 0.2) is 24.3 Å². The van der Waals surface area contributed by atoms with Gasteiger partial charge in [-0.2, -0.15) is 0 Å². The van der Waals surface area contributed by atoms with Crippen LogP contribution in [0.4, 0.5) is 0 Å². The maximum Gasteiger partial charge on any atom is 0.193 e. The van der Waals surface area contributed by atoms with Gasteiger partial charge in [-0.25, -0.2) is 0 Å². The summed E-state index contributed by atoms with van der Waals surface area (Å²) in [5.41, 5.74) is -0.977. The van der Waals surface area contributed by atoms with Gasteiger partial charge in [0, 0.05) is 18.7 Å². The first-order chi connectivity index (χ1) is 12.8. The molecule has 1 aromatic rings. The fourth-order valence-electron chi connectivity index (χ4n) is 2.60. The minimum atomic E-state index is -1.40. The molecule has 0 aliphatic heterocycles. The van der Waals surface area contributed by atoms with Gasteiger partial charge in [0.1, 0.15) is 18.0 Å². The summed E-state index contributed by atoms with van der Waals surface area (Å²) < 4.78 is 11.0. The zero-order valence-corrected chi connectivity index (χ0v) is 16.6. The minimum absolute atomic E-state index is 0.0710. The van der Waals surface area contributed by atoms with Crippen LogP contribution in [0.5, 0.6) is 5.75 Å². The van der Waals surface area contributed by atoms with Gasteiger partial charge in [-0.05, 0) is 51.1 Å². The van der Waals surface area contributed by atoms with Gasteiger partial charge in [0.25, 0.3) is 0 Å².